The predicted octanol–water partition coefficient (Wildman–Crippen LogP) is 1.99. The van der Waals surface area contributed by atoms with Crippen LogP contribution in [0.2, 0.25) is 0 Å². The van der Waals surface area contributed by atoms with Crippen molar-refractivity contribution in [2.24, 2.45) is 0 Å². The summed E-state index contributed by atoms with van der Waals surface area (Å²) in [5.74, 6) is 0. The van der Waals surface area contributed by atoms with E-state index >= 15 is 0 Å². The number of pyridine rings is 1. The monoisotopic (exact) mass is 340 g/mol. The molecule has 1 atom stereocenters. The number of likely N-dealkylation sites (tertiary alicyclic amines) is 1. The van der Waals surface area contributed by atoms with Crippen molar-refractivity contribution in [2.75, 3.05) is 13.1 Å². The van der Waals surface area contributed by atoms with E-state index in [1.54, 1.807) is 4.68 Å². The summed E-state index contributed by atoms with van der Waals surface area (Å²) in [6, 6.07) is 6.38. The highest BCUT2D eigenvalue weighted by molar-refractivity contribution is 5.39. The largest absolute Gasteiger partial charge is 0.382 e. The van der Waals surface area contributed by atoms with E-state index in [9.17, 15) is 5.11 Å². The lowest BCUT2D eigenvalue weighted by Crippen LogP contribution is -2.46. The summed E-state index contributed by atoms with van der Waals surface area (Å²) in [5, 5.41) is 19.6. The number of aromatic nitrogens is 5. The number of fused-ring (bicyclic) bond motifs is 1. The Morgan fingerprint density at radius 1 is 1.32 bits per heavy atom. The molecule has 0 saturated carbocycles. The molecule has 0 aliphatic carbocycles. The van der Waals surface area contributed by atoms with E-state index in [4.69, 9.17) is 0 Å². The SMILES string of the molecule is CC(C)n1cc(C2(O)CCCN(Cc3cccc4nccn34)C2)nn1. The quantitative estimate of drug-likeness (QED) is 0.786. The summed E-state index contributed by atoms with van der Waals surface area (Å²) in [6.45, 7) is 6.41. The molecular formula is C18H24N6O. The fourth-order valence-electron chi connectivity index (χ4n) is 3.57. The second-order valence-electron chi connectivity index (χ2n) is 7.20. The minimum atomic E-state index is -0.936. The molecule has 25 heavy (non-hydrogen) atoms. The number of imidazole rings is 1. The average molecular weight is 340 g/mol. The van der Waals surface area contributed by atoms with Gasteiger partial charge in [0.05, 0.1) is 6.20 Å². The number of hydrogen-bond acceptors (Lipinski definition) is 5. The fraction of sp³-hybridized carbons (Fsp3) is 0.500. The normalized spacial score (nSPS) is 22.1. The van der Waals surface area contributed by atoms with Crippen LogP contribution in [0.15, 0.2) is 36.8 Å². The number of hydrogen-bond donors (Lipinski definition) is 1. The molecule has 1 fully saturated rings. The first kappa shape index (κ1) is 16.2. The van der Waals surface area contributed by atoms with Crippen LogP contribution in [-0.2, 0) is 12.1 Å². The molecule has 0 spiro atoms. The molecule has 0 radical (unpaired) electrons. The maximum absolute atomic E-state index is 11.2. The average Bonchev–Trinajstić information content (AvgIpc) is 3.25. The van der Waals surface area contributed by atoms with Crippen molar-refractivity contribution in [1.29, 1.82) is 0 Å². The number of piperidine rings is 1. The van der Waals surface area contributed by atoms with Crippen LogP contribution in [0.4, 0.5) is 0 Å². The van der Waals surface area contributed by atoms with Gasteiger partial charge in [0.25, 0.3) is 0 Å². The van der Waals surface area contributed by atoms with Gasteiger partial charge in [-0.25, -0.2) is 9.67 Å². The summed E-state index contributed by atoms with van der Waals surface area (Å²) in [5.41, 5.74) is 1.86. The maximum atomic E-state index is 11.2. The lowest BCUT2D eigenvalue weighted by molar-refractivity contribution is -0.0418. The van der Waals surface area contributed by atoms with Crippen molar-refractivity contribution in [3.63, 3.8) is 0 Å². The van der Waals surface area contributed by atoms with Gasteiger partial charge in [0.2, 0.25) is 0 Å². The van der Waals surface area contributed by atoms with Crippen LogP contribution >= 0.6 is 0 Å². The van der Waals surface area contributed by atoms with E-state index in [1.165, 1.54) is 5.69 Å². The molecule has 1 unspecified atom stereocenters. The fourth-order valence-corrected chi connectivity index (χ4v) is 3.57. The number of β-amino-alcohol motifs (C(OH)–C–C–N with tert-alkyl or cyclic N) is 1. The Morgan fingerprint density at radius 2 is 2.20 bits per heavy atom. The zero-order valence-electron chi connectivity index (χ0n) is 14.7. The van der Waals surface area contributed by atoms with Crippen LogP contribution < -0.4 is 0 Å². The van der Waals surface area contributed by atoms with Gasteiger partial charge in [-0.2, -0.15) is 0 Å². The zero-order valence-corrected chi connectivity index (χ0v) is 14.7. The standard InChI is InChI=1S/C18H24N6O/c1-14(2)24-12-16(20-21-24)18(25)7-4-9-22(13-18)11-15-5-3-6-17-19-8-10-23(15)17/h3,5-6,8,10,12,14,25H,4,7,9,11,13H2,1-2H3. The Balaban J connectivity index is 1.55. The van der Waals surface area contributed by atoms with Gasteiger partial charge in [-0.1, -0.05) is 11.3 Å². The first-order valence-electron chi connectivity index (χ1n) is 8.83. The van der Waals surface area contributed by atoms with Crippen molar-refractivity contribution in [2.45, 2.75) is 44.9 Å². The number of nitrogens with zero attached hydrogens (tertiary/aromatic N) is 6. The van der Waals surface area contributed by atoms with E-state index in [1.807, 2.05) is 30.7 Å². The summed E-state index contributed by atoms with van der Waals surface area (Å²) in [6.07, 6.45) is 7.33. The molecule has 1 aliphatic rings. The molecule has 7 heteroatoms. The first-order chi connectivity index (χ1) is 12.0. The van der Waals surface area contributed by atoms with Gasteiger partial charge >= 0.3 is 0 Å². The summed E-state index contributed by atoms with van der Waals surface area (Å²) in [4.78, 5) is 6.63. The van der Waals surface area contributed by atoms with Gasteiger partial charge in [-0.15, -0.1) is 5.10 Å². The van der Waals surface area contributed by atoms with Gasteiger partial charge in [0.15, 0.2) is 0 Å². The van der Waals surface area contributed by atoms with E-state index in [0.29, 0.717) is 12.2 Å². The van der Waals surface area contributed by atoms with Crippen molar-refractivity contribution < 1.29 is 5.11 Å². The topological polar surface area (TPSA) is 71.5 Å². The molecule has 1 saturated heterocycles. The molecule has 1 N–H and O–H groups in total. The minimum absolute atomic E-state index is 0.239. The number of rotatable bonds is 4. The molecule has 3 aromatic heterocycles. The summed E-state index contributed by atoms with van der Waals surface area (Å²) >= 11 is 0. The van der Waals surface area contributed by atoms with Crippen LogP contribution in [0.25, 0.3) is 5.65 Å². The smallest absolute Gasteiger partial charge is 0.136 e. The molecule has 1 aliphatic heterocycles. The maximum Gasteiger partial charge on any atom is 0.136 e. The molecule has 7 nitrogen and oxygen atoms in total. The predicted molar refractivity (Wildman–Crippen MR) is 94.0 cm³/mol. The third-order valence-corrected chi connectivity index (χ3v) is 4.96. The molecule has 0 aromatic carbocycles. The molecule has 0 amide bonds. The van der Waals surface area contributed by atoms with Crippen molar-refractivity contribution >= 4 is 5.65 Å². The highest BCUT2D eigenvalue weighted by Crippen LogP contribution is 2.31. The summed E-state index contributed by atoms with van der Waals surface area (Å²) in [7, 11) is 0. The van der Waals surface area contributed by atoms with Crippen LogP contribution in [-0.4, -0.2) is 47.5 Å². The minimum Gasteiger partial charge on any atom is -0.382 e. The zero-order chi connectivity index (χ0) is 17.4. The Morgan fingerprint density at radius 3 is 3.00 bits per heavy atom. The van der Waals surface area contributed by atoms with Crippen molar-refractivity contribution in [1.82, 2.24) is 29.3 Å². The Labute approximate surface area is 146 Å². The van der Waals surface area contributed by atoms with Gasteiger partial charge in [-0.3, -0.25) is 4.90 Å². The molecule has 4 heterocycles. The molecule has 4 rings (SSSR count). The second-order valence-corrected chi connectivity index (χ2v) is 7.20. The Kier molecular flexibility index (Phi) is 4.05. The molecule has 132 valence electrons. The highest BCUT2D eigenvalue weighted by Gasteiger charge is 2.37. The van der Waals surface area contributed by atoms with Crippen molar-refractivity contribution in [3.8, 4) is 0 Å². The Bertz CT molecular complexity index is 869. The lowest BCUT2D eigenvalue weighted by Gasteiger charge is -2.38. The van der Waals surface area contributed by atoms with Crippen LogP contribution in [0.3, 0.4) is 0 Å². The number of aliphatic hydroxyl groups is 1. The summed E-state index contributed by atoms with van der Waals surface area (Å²) < 4.78 is 3.90. The van der Waals surface area contributed by atoms with E-state index < -0.39 is 5.60 Å². The van der Waals surface area contributed by atoms with Crippen LogP contribution in [0, 0.1) is 0 Å². The van der Waals surface area contributed by atoms with E-state index in [-0.39, 0.29) is 6.04 Å². The lowest BCUT2D eigenvalue weighted by atomic mass is 9.90. The van der Waals surface area contributed by atoms with Crippen LogP contribution in [0.5, 0.6) is 0 Å². The third-order valence-electron chi connectivity index (χ3n) is 4.96. The van der Waals surface area contributed by atoms with Gasteiger partial charge in [0.1, 0.15) is 16.9 Å². The first-order valence-corrected chi connectivity index (χ1v) is 8.83. The molecule has 3 aromatic rings. The van der Waals surface area contributed by atoms with Crippen molar-refractivity contribution in [3.05, 3.63) is 48.2 Å². The highest BCUT2D eigenvalue weighted by atomic mass is 16.3. The van der Waals surface area contributed by atoms with Gasteiger partial charge < -0.3 is 9.51 Å². The molecular weight excluding hydrogens is 316 g/mol. The van der Waals surface area contributed by atoms with Gasteiger partial charge in [0, 0.05) is 37.2 Å². The third kappa shape index (κ3) is 3.05. The molecule has 0 bridgehead atoms. The second kappa shape index (κ2) is 6.24. The van der Waals surface area contributed by atoms with E-state index in [2.05, 4.69) is 44.5 Å². The van der Waals surface area contributed by atoms with Gasteiger partial charge in [-0.05, 0) is 45.4 Å². The van der Waals surface area contributed by atoms with E-state index in [0.717, 1.165) is 31.6 Å². The Hall–Kier alpha value is -2.25. The van der Waals surface area contributed by atoms with Crippen LogP contribution in [0.1, 0.15) is 44.1 Å².